The molecule has 1 atom stereocenters. The van der Waals surface area contributed by atoms with Gasteiger partial charge in [0.25, 0.3) is 0 Å². The van der Waals surface area contributed by atoms with Gasteiger partial charge in [-0.25, -0.2) is 0 Å². The molecule has 0 aliphatic carbocycles. The van der Waals surface area contributed by atoms with Crippen molar-refractivity contribution >= 4 is 5.69 Å². The van der Waals surface area contributed by atoms with Crippen molar-refractivity contribution < 1.29 is 4.74 Å². The van der Waals surface area contributed by atoms with Gasteiger partial charge < -0.3 is 15.4 Å². The van der Waals surface area contributed by atoms with E-state index in [1.807, 2.05) is 6.92 Å². The molecule has 1 aromatic rings. The molecule has 3 nitrogen and oxygen atoms in total. The molecule has 0 amide bonds. The minimum atomic E-state index is 0.168. The molecule has 1 unspecified atom stereocenters. The van der Waals surface area contributed by atoms with Crippen LogP contribution in [0.4, 0.5) is 5.69 Å². The lowest BCUT2D eigenvalue weighted by molar-refractivity contribution is 0.408. The van der Waals surface area contributed by atoms with Gasteiger partial charge in [0.1, 0.15) is 5.75 Å². The largest absolute Gasteiger partial charge is 0.496 e. The Kier molecular flexibility index (Phi) is 3.89. The van der Waals surface area contributed by atoms with Crippen molar-refractivity contribution in [3.8, 4) is 5.75 Å². The van der Waals surface area contributed by atoms with Crippen LogP contribution in [0.2, 0.25) is 0 Å². The maximum absolute atomic E-state index is 5.84. The van der Waals surface area contributed by atoms with E-state index in [0.717, 1.165) is 25.3 Å². The Morgan fingerprint density at radius 1 is 1.35 bits per heavy atom. The second kappa shape index (κ2) is 5.41. The van der Waals surface area contributed by atoms with Crippen LogP contribution in [0.3, 0.4) is 0 Å². The van der Waals surface area contributed by atoms with Crippen LogP contribution in [-0.2, 0) is 6.42 Å². The van der Waals surface area contributed by atoms with E-state index in [1.165, 1.54) is 24.1 Å². The quantitative estimate of drug-likeness (QED) is 0.868. The highest BCUT2D eigenvalue weighted by molar-refractivity contribution is 5.54. The molecule has 1 aliphatic rings. The molecule has 1 fully saturated rings. The number of methoxy groups -OCH3 is 1. The van der Waals surface area contributed by atoms with Gasteiger partial charge in [-0.3, -0.25) is 0 Å². The number of hydrogen-bond donors (Lipinski definition) is 1. The number of hydrogen-bond acceptors (Lipinski definition) is 3. The molecule has 1 heterocycles. The van der Waals surface area contributed by atoms with Crippen LogP contribution in [0.15, 0.2) is 18.2 Å². The first-order chi connectivity index (χ1) is 8.20. The third-order valence-corrected chi connectivity index (χ3v) is 3.28. The first-order valence-electron chi connectivity index (χ1n) is 6.38. The fourth-order valence-electron chi connectivity index (χ4n) is 2.42. The highest BCUT2D eigenvalue weighted by Crippen LogP contribution is 2.28. The van der Waals surface area contributed by atoms with Gasteiger partial charge in [0.15, 0.2) is 0 Å². The average molecular weight is 234 g/mol. The van der Waals surface area contributed by atoms with E-state index in [4.69, 9.17) is 10.5 Å². The van der Waals surface area contributed by atoms with E-state index in [-0.39, 0.29) is 6.04 Å². The maximum Gasteiger partial charge on any atom is 0.124 e. The second-order valence-electron chi connectivity index (χ2n) is 4.87. The van der Waals surface area contributed by atoms with E-state index >= 15 is 0 Å². The molecule has 1 aromatic carbocycles. The lowest BCUT2D eigenvalue weighted by atomic mass is 10.1. The van der Waals surface area contributed by atoms with E-state index < -0.39 is 0 Å². The maximum atomic E-state index is 5.84. The summed E-state index contributed by atoms with van der Waals surface area (Å²) in [7, 11) is 1.73. The molecule has 0 radical (unpaired) electrons. The lowest BCUT2D eigenvalue weighted by Crippen LogP contribution is -2.19. The van der Waals surface area contributed by atoms with E-state index in [2.05, 4.69) is 23.1 Å². The summed E-state index contributed by atoms with van der Waals surface area (Å²) in [4.78, 5) is 2.41. The minimum absolute atomic E-state index is 0.168. The average Bonchev–Trinajstić information content (AvgIpc) is 2.82. The van der Waals surface area contributed by atoms with Crippen LogP contribution in [0.1, 0.15) is 25.3 Å². The zero-order valence-corrected chi connectivity index (χ0v) is 10.8. The zero-order valence-electron chi connectivity index (χ0n) is 10.8. The Hall–Kier alpha value is -1.22. The molecule has 0 aromatic heterocycles. The number of rotatable bonds is 4. The van der Waals surface area contributed by atoms with Crippen LogP contribution in [0.25, 0.3) is 0 Å². The summed E-state index contributed by atoms with van der Waals surface area (Å²) in [5.74, 6) is 0.965. The minimum Gasteiger partial charge on any atom is -0.496 e. The van der Waals surface area contributed by atoms with Gasteiger partial charge in [0.2, 0.25) is 0 Å². The van der Waals surface area contributed by atoms with Gasteiger partial charge in [0, 0.05) is 30.9 Å². The van der Waals surface area contributed by atoms with Crippen molar-refractivity contribution in [3.63, 3.8) is 0 Å². The van der Waals surface area contributed by atoms with Crippen molar-refractivity contribution in [1.29, 1.82) is 0 Å². The Balaban J connectivity index is 2.20. The Bertz CT molecular complexity index is 370. The highest BCUT2D eigenvalue weighted by Gasteiger charge is 2.14. The van der Waals surface area contributed by atoms with Crippen molar-refractivity contribution in [2.45, 2.75) is 32.2 Å². The van der Waals surface area contributed by atoms with Crippen LogP contribution < -0.4 is 15.4 Å². The molecule has 3 heteroatoms. The van der Waals surface area contributed by atoms with Crippen LogP contribution in [0, 0.1) is 0 Å². The molecule has 0 spiro atoms. The third kappa shape index (κ3) is 2.91. The summed E-state index contributed by atoms with van der Waals surface area (Å²) in [5, 5.41) is 0. The molecular formula is C14H22N2O. The number of anilines is 1. The Morgan fingerprint density at radius 2 is 2.06 bits per heavy atom. The van der Waals surface area contributed by atoms with Crippen molar-refractivity contribution in [3.05, 3.63) is 23.8 Å². The Labute approximate surface area is 104 Å². The fourth-order valence-corrected chi connectivity index (χ4v) is 2.42. The Morgan fingerprint density at radius 3 is 2.65 bits per heavy atom. The zero-order chi connectivity index (χ0) is 12.3. The first-order valence-corrected chi connectivity index (χ1v) is 6.38. The molecule has 94 valence electrons. The highest BCUT2D eigenvalue weighted by atomic mass is 16.5. The standard InChI is InChI=1S/C14H22N2O/c1-11(15)9-12-5-6-13(10-14(12)17-2)16-7-3-4-8-16/h5-6,10-11H,3-4,7-9,15H2,1-2H3. The molecule has 1 saturated heterocycles. The van der Waals surface area contributed by atoms with Gasteiger partial charge in [-0.2, -0.15) is 0 Å². The molecule has 1 aliphatic heterocycles. The fraction of sp³-hybridized carbons (Fsp3) is 0.571. The molecule has 0 bridgehead atoms. The second-order valence-corrected chi connectivity index (χ2v) is 4.87. The topological polar surface area (TPSA) is 38.5 Å². The molecule has 2 rings (SSSR count). The van der Waals surface area contributed by atoms with Gasteiger partial charge in [-0.15, -0.1) is 0 Å². The van der Waals surface area contributed by atoms with E-state index in [0.29, 0.717) is 0 Å². The molecule has 0 saturated carbocycles. The van der Waals surface area contributed by atoms with Crippen LogP contribution >= 0.6 is 0 Å². The number of nitrogens with two attached hydrogens (primary N) is 1. The van der Waals surface area contributed by atoms with Crippen molar-refractivity contribution in [2.24, 2.45) is 5.73 Å². The molecular weight excluding hydrogens is 212 g/mol. The number of nitrogens with zero attached hydrogens (tertiary/aromatic N) is 1. The monoisotopic (exact) mass is 234 g/mol. The number of benzene rings is 1. The smallest absolute Gasteiger partial charge is 0.124 e. The normalized spacial score (nSPS) is 17.2. The van der Waals surface area contributed by atoms with Crippen LogP contribution in [-0.4, -0.2) is 26.2 Å². The van der Waals surface area contributed by atoms with Gasteiger partial charge >= 0.3 is 0 Å². The van der Waals surface area contributed by atoms with Crippen molar-refractivity contribution in [2.75, 3.05) is 25.1 Å². The predicted molar refractivity (Wildman–Crippen MR) is 71.8 cm³/mol. The SMILES string of the molecule is COc1cc(N2CCCC2)ccc1CC(C)N. The van der Waals surface area contributed by atoms with Crippen molar-refractivity contribution in [1.82, 2.24) is 0 Å². The predicted octanol–water partition coefficient (Wildman–Crippen LogP) is 2.19. The molecule has 2 N–H and O–H groups in total. The summed E-state index contributed by atoms with van der Waals surface area (Å²) in [6, 6.07) is 6.64. The lowest BCUT2D eigenvalue weighted by Gasteiger charge is -2.20. The summed E-state index contributed by atoms with van der Waals surface area (Å²) < 4.78 is 5.46. The summed E-state index contributed by atoms with van der Waals surface area (Å²) in [6.45, 7) is 4.35. The first kappa shape index (κ1) is 12.2. The van der Waals surface area contributed by atoms with E-state index in [9.17, 15) is 0 Å². The molecule has 17 heavy (non-hydrogen) atoms. The van der Waals surface area contributed by atoms with Gasteiger partial charge in [0.05, 0.1) is 7.11 Å². The number of ether oxygens (including phenoxy) is 1. The third-order valence-electron chi connectivity index (χ3n) is 3.28. The van der Waals surface area contributed by atoms with Crippen LogP contribution in [0.5, 0.6) is 5.75 Å². The van der Waals surface area contributed by atoms with Gasteiger partial charge in [-0.1, -0.05) is 6.07 Å². The summed E-state index contributed by atoms with van der Waals surface area (Å²) in [5.41, 5.74) is 8.31. The summed E-state index contributed by atoms with van der Waals surface area (Å²) in [6.07, 6.45) is 3.46. The van der Waals surface area contributed by atoms with Gasteiger partial charge in [-0.05, 0) is 37.8 Å². The summed E-state index contributed by atoms with van der Waals surface area (Å²) >= 11 is 0. The van der Waals surface area contributed by atoms with E-state index in [1.54, 1.807) is 7.11 Å².